The highest BCUT2D eigenvalue weighted by Gasteiger charge is 2.43. The van der Waals surface area contributed by atoms with Crippen LogP contribution in [0.5, 0.6) is 0 Å². The van der Waals surface area contributed by atoms with Crippen LogP contribution < -0.4 is 0 Å². The minimum atomic E-state index is -0.371. The average molecular weight is 340 g/mol. The highest BCUT2D eigenvalue weighted by molar-refractivity contribution is 8.14. The van der Waals surface area contributed by atoms with Gasteiger partial charge in [0.1, 0.15) is 6.04 Å². The molecule has 0 bridgehead atoms. The standard InChI is InChI=1S/C17H16N4O2S/c1-11-10-20-16(12-5-7-13(8-6-12)21(22)23)15(19-17(20)24-11)14-4-2-3-9-18-14/h2-9,11,15-16H,10H2,1H3/t11-,15+,16+/m1/s1. The van der Waals surface area contributed by atoms with Gasteiger partial charge in [-0.1, -0.05) is 36.9 Å². The fourth-order valence-corrected chi connectivity index (χ4v) is 4.36. The van der Waals surface area contributed by atoms with Crippen LogP contribution in [0.15, 0.2) is 53.7 Å². The zero-order valence-corrected chi connectivity index (χ0v) is 13.9. The minimum Gasteiger partial charge on any atom is -0.341 e. The molecular weight excluding hydrogens is 324 g/mol. The van der Waals surface area contributed by atoms with E-state index in [1.165, 1.54) is 0 Å². The number of hydrogen-bond donors (Lipinski definition) is 0. The Labute approximate surface area is 143 Å². The van der Waals surface area contributed by atoms with Crippen molar-refractivity contribution in [3.8, 4) is 0 Å². The van der Waals surface area contributed by atoms with Crippen LogP contribution in [-0.4, -0.2) is 31.8 Å². The van der Waals surface area contributed by atoms with Crippen molar-refractivity contribution in [2.24, 2.45) is 4.99 Å². The molecule has 2 aromatic rings. The summed E-state index contributed by atoms with van der Waals surface area (Å²) in [5, 5.41) is 12.4. The van der Waals surface area contributed by atoms with Crippen LogP contribution in [0.1, 0.15) is 30.3 Å². The first-order valence-corrected chi connectivity index (χ1v) is 8.68. The van der Waals surface area contributed by atoms with E-state index in [1.807, 2.05) is 30.3 Å². The third kappa shape index (κ3) is 2.54. The highest BCUT2D eigenvalue weighted by Crippen LogP contribution is 2.47. The lowest BCUT2D eigenvalue weighted by molar-refractivity contribution is -0.384. The molecular formula is C17H16N4O2S. The van der Waals surface area contributed by atoms with Crippen LogP contribution in [0.25, 0.3) is 0 Å². The monoisotopic (exact) mass is 340 g/mol. The van der Waals surface area contributed by atoms with Gasteiger partial charge in [0.15, 0.2) is 5.17 Å². The van der Waals surface area contributed by atoms with Crippen molar-refractivity contribution in [3.63, 3.8) is 0 Å². The molecule has 0 radical (unpaired) electrons. The number of thioether (sulfide) groups is 1. The molecule has 24 heavy (non-hydrogen) atoms. The van der Waals surface area contributed by atoms with Gasteiger partial charge in [-0.25, -0.2) is 0 Å². The first-order chi connectivity index (χ1) is 11.6. The van der Waals surface area contributed by atoms with Gasteiger partial charge in [0, 0.05) is 30.1 Å². The smallest absolute Gasteiger partial charge is 0.269 e. The summed E-state index contributed by atoms with van der Waals surface area (Å²) >= 11 is 1.78. The molecule has 6 nitrogen and oxygen atoms in total. The summed E-state index contributed by atoms with van der Waals surface area (Å²) in [5.41, 5.74) is 2.07. The normalized spacial score (nSPS) is 25.5. The second-order valence-electron chi connectivity index (χ2n) is 5.99. The van der Waals surface area contributed by atoms with Gasteiger partial charge < -0.3 is 4.90 Å². The van der Waals surface area contributed by atoms with Crippen LogP contribution in [0, 0.1) is 10.1 Å². The molecule has 0 amide bonds. The number of benzene rings is 1. The molecule has 0 spiro atoms. The van der Waals surface area contributed by atoms with Gasteiger partial charge >= 0.3 is 0 Å². The van der Waals surface area contributed by atoms with E-state index in [9.17, 15) is 10.1 Å². The van der Waals surface area contributed by atoms with E-state index in [4.69, 9.17) is 4.99 Å². The fourth-order valence-electron chi connectivity index (χ4n) is 3.27. The molecule has 0 aliphatic carbocycles. The predicted octanol–water partition coefficient (Wildman–Crippen LogP) is 3.58. The molecule has 0 N–H and O–H groups in total. The van der Waals surface area contributed by atoms with Crippen molar-refractivity contribution in [2.45, 2.75) is 24.3 Å². The van der Waals surface area contributed by atoms with Crippen molar-refractivity contribution in [2.75, 3.05) is 6.54 Å². The Morgan fingerprint density at radius 1 is 1.25 bits per heavy atom. The molecule has 1 aromatic carbocycles. The Morgan fingerprint density at radius 2 is 2.04 bits per heavy atom. The number of nitro groups is 1. The highest BCUT2D eigenvalue weighted by atomic mass is 32.2. The van der Waals surface area contributed by atoms with Crippen LogP contribution in [0.4, 0.5) is 5.69 Å². The zero-order chi connectivity index (χ0) is 16.7. The molecule has 122 valence electrons. The van der Waals surface area contributed by atoms with Crippen LogP contribution in [0.2, 0.25) is 0 Å². The third-order valence-electron chi connectivity index (χ3n) is 4.33. The van der Waals surface area contributed by atoms with E-state index in [0.29, 0.717) is 5.25 Å². The van der Waals surface area contributed by atoms with Crippen molar-refractivity contribution >= 4 is 22.6 Å². The molecule has 2 aliphatic heterocycles. The van der Waals surface area contributed by atoms with E-state index in [2.05, 4.69) is 16.8 Å². The lowest BCUT2D eigenvalue weighted by atomic mass is 9.96. The number of aromatic nitrogens is 1. The van der Waals surface area contributed by atoms with E-state index in [-0.39, 0.29) is 22.7 Å². The molecule has 4 rings (SSSR count). The summed E-state index contributed by atoms with van der Waals surface area (Å²) in [7, 11) is 0. The molecule has 1 aromatic heterocycles. The van der Waals surface area contributed by atoms with Crippen molar-refractivity contribution in [3.05, 3.63) is 70.0 Å². The van der Waals surface area contributed by atoms with Gasteiger partial charge in [0.2, 0.25) is 0 Å². The summed E-state index contributed by atoms with van der Waals surface area (Å²) < 4.78 is 0. The van der Waals surface area contributed by atoms with Gasteiger partial charge in [-0.15, -0.1) is 0 Å². The largest absolute Gasteiger partial charge is 0.341 e. The summed E-state index contributed by atoms with van der Waals surface area (Å²) in [6.45, 7) is 3.11. The van der Waals surface area contributed by atoms with E-state index >= 15 is 0 Å². The number of amidine groups is 1. The molecule has 3 heterocycles. The number of nitrogens with zero attached hydrogens (tertiary/aromatic N) is 4. The summed E-state index contributed by atoms with van der Waals surface area (Å²) in [5.74, 6) is 0. The number of aliphatic imine (C=N–C) groups is 1. The summed E-state index contributed by atoms with van der Waals surface area (Å²) in [6.07, 6.45) is 1.78. The lowest BCUT2D eigenvalue weighted by Gasteiger charge is -2.27. The van der Waals surface area contributed by atoms with Crippen molar-refractivity contribution in [1.29, 1.82) is 0 Å². The Bertz CT molecular complexity index is 794. The summed E-state index contributed by atoms with van der Waals surface area (Å²) in [6, 6.07) is 12.6. The van der Waals surface area contributed by atoms with Crippen LogP contribution >= 0.6 is 11.8 Å². The van der Waals surface area contributed by atoms with Gasteiger partial charge in [-0.2, -0.15) is 0 Å². The second-order valence-corrected chi connectivity index (χ2v) is 7.39. The number of rotatable bonds is 3. The van der Waals surface area contributed by atoms with Crippen LogP contribution in [0.3, 0.4) is 0 Å². The zero-order valence-electron chi connectivity index (χ0n) is 13.1. The lowest BCUT2D eigenvalue weighted by Crippen LogP contribution is -2.28. The third-order valence-corrected chi connectivity index (χ3v) is 5.43. The number of fused-ring (bicyclic) bond motifs is 1. The molecule has 0 saturated carbocycles. The Morgan fingerprint density at radius 3 is 2.71 bits per heavy atom. The Kier molecular flexibility index (Phi) is 3.72. The first kappa shape index (κ1) is 15.1. The molecule has 0 unspecified atom stereocenters. The molecule has 2 aliphatic rings. The topological polar surface area (TPSA) is 71.6 Å². The van der Waals surface area contributed by atoms with Gasteiger partial charge in [0.05, 0.1) is 16.7 Å². The fraction of sp³-hybridized carbons (Fsp3) is 0.294. The number of hydrogen-bond acceptors (Lipinski definition) is 6. The predicted molar refractivity (Wildman–Crippen MR) is 94.0 cm³/mol. The number of nitro benzene ring substituents is 1. The summed E-state index contributed by atoms with van der Waals surface area (Å²) in [4.78, 5) is 22.2. The molecule has 1 fully saturated rings. The number of pyridine rings is 1. The number of non-ortho nitro benzene ring substituents is 1. The minimum absolute atomic E-state index is 0.0353. The van der Waals surface area contributed by atoms with Gasteiger partial charge in [0.25, 0.3) is 5.69 Å². The Balaban J connectivity index is 1.74. The van der Waals surface area contributed by atoms with E-state index in [1.54, 1.807) is 30.1 Å². The SMILES string of the molecule is C[C@@H]1CN2C(=N[C@@H](c3ccccn3)[C@@H]2c2ccc([N+](=O)[O-])cc2)S1. The maximum atomic E-state index is 10.9. The maximum absolute atomic E-state index is 10.9. The van der Waals surface area contributed by atoms with Gasteiger partial charge in [-0.3, -0.25) is 20.1 Å². The molecule has 1 saturated heterocycles. The Hall–Kier alpha value is -2.41. The van der Waals surface area contributed by atoms with E-state index < -0.39 is 0 Å². The van der Waals surface area contributed by atoms with E-state index in [0.717, 1.165) is 23.0 Å². The van der Waals surface area contributed by atoms with Crippen molar-refractivity contribution < 1.29 is 4.92 Å². The maximum Gasteiger partial charge on any atom is 0.269 e. The van der Waals surface area contributed by atoms with Crippen LogP contribution in [-0.2, 0) is 0 Å². The average Bonchev–Trinajstić information content (AvgIpc) is 3.11. The molecule has 3 atom stereocenters. The first-order valence-electron chi connectivity index (χ1n) is 7.80. The second kappa shape index (κ2) is 5.90. The van der Waals surface area contributed by atoms with Crippen molar-refractivity contribution in [1.82, 2.24) is 9.88 Å². The molecule has 7 heteroatoms. The van der Waals surface area contributed by atoms with Gasteiger partial charge in [-0.05, 0) is 17.7 Å². The quantitative estimate of drug-likeness (QED) is 0.631.